The Morgan fingerprint density at radius 2 is 2.26 bits per heavy atom. The lowest BCUT2D eigenvalue weighted by molar-refractivity contribution is 0.338. The first-order valence-corrected chi connectivity index (χ1v) is 8.52. The van der Waals surface area contributed by atoms with Gasteiger partial charge in [-0.05, 0) is 19.3 Å². The summed E-state index contributed by atoms with van der Waals surface area (Å²) in [7, 11) is -3.17. The molecule has 0 N–H and O–H groups in total. The molecule has 2 rings (SSSR count). The van der Waals surface area contributed by atoms with Crippen molar-refractivity contribution in [2.45, 2.75) is 52.0 Å². The average Bonchev–Trinajstić information content (AvgIpc) is 2.98. The van der Waals surface area contributed by atoms with Gasteiger partial charge in [-0.15, -0.1) is 0 Å². The highest BCUT2D eigenvalue weighted by molar-refractivity contribution is 7.89. The second kappa shape index (κ2) is 5.63. The summed E-state index contributed by atoms with van der Waals surface area (Å²) in [4.78, 5) is 0. The Labute approximate surface area is 115 Å². The molecule has 1 saturated heterocycles. The molecule has 0 unspecified atom stereocenters. The lowest BCUT2D eigenvalue weighted by atomic mass is 10.1. The van der Waals surface area contributed by atoms with E-state index in [1.54, 1.807) is 4.31 Å². The van der Waals surface area contributed by atoms with E-state index in [9.17, 15) is 8.42 Å². The van der Waals surface area contributed by atoms with E-state index in [0.717, 1.165) is 24.3 Å². The molecule has 5 nitrogen and oxygen atoms in total. The summed E-state index contributed by atoms with van der Waals surface area (Å²) < 4.78 is 31.3. The van der Waals surface area contributed by atoms with Gasteiger partial charge >= 0.3 is 0 Å². The molecule has 1 aromatic heterocycles. The van der Waals surface area contributed by atoms with Crippen LogP contribution >= 0.6 is 0 Å². The lowest BCUT2D eigenvalue weighted by Crippen LogP contribution is -2.32. The van der Waals surface area contributed by atoms with Crippen molar-refractivity contribution in [2.24, 2.45) is 0 Å². The highest BCUT2D eigenvalue weighted by atomic mass is 32.2. The van der Waals surface area contributed by atoms with Gasteiger partial charge < -0.3 is 4.52 Å². The molecular weight excluding hydrogens is 264 g/mol. The Morgan fingerprint density at radius 1 is 1.53 bits per heavy atom. The highest BCUT2D eigenvalue weighted by Gasteiger charge is 2.36. The van der Waals surface area contributed by atoms with Crippen LogP contribution in [0.3, 0.4) is 0 Å². The molecule has 0 aromatic carbocycles. The van der Waals surface area contributed by atoms with Crippen molar-refractivity contribution in [3.8, 4) is 0 Å². The second-order valence-electron chi connectivity index (χ2n) is 5.39. The van der Waals surface area contributed by atoms with Crippen molar-refractivity contribution >= 4 is 10.0 Å². The molecule has 1 aliphatic heterocycles. The minimum Gasteiger partial charge on any atom is -0.361 e. The number of aromatic nitrogens is 1. The van der Waals surface area contributed by atoms with Crippen LogP contribution in [0.2, 0.25) is 0 Å². The van der Waals surface area contributed by atoms with Crippen LogP contribution in [0.25, 0.3) is 0 Å². The van der Waals surface area contributed by atoms with E-state index < -0.39 is 10.0 Å². The standard InChI is InChI=1S/C13H22N2O3S/c1-4-8-19(16,17)15-7-5-6-12(15)11-9-13(10(2)3)18-14-11/h9-10,12H,4-8H2,1-3H3/t12-/m1/s1. The molecule has 0 spiro atoms. The van der Waals surface area contributed by atoms with Crippen LogP contribution in [0.1, 0.15) is 63.4 Å². The summed E-state index contributed by atoms with van der Waals surface area (Å²) >= 11 is 0. The SMILES string of the molecule is CCCS(=O)(=O)N1CCC[C@@H]1c1cc(C(C)C)on1. The molecule has 1 atom stereocenters. The molecule has 19 heavy (non-hydrogen) atoms. The van der Waals surface area contributed by atoms with Gasteiger partial charge in [0.15, 0.2) is 0 Å². The maximum Gasteiger partial charge on any atom is 0.214 e. The molecule has 0 amide bonds. The summed E-state index contributed by atoms with van der Waals surface area (Å²) in [5.74, 6) is 1.29. The number of hydrogen-bond donors (Lipinski definition) is 0. The van der Waals surface area contributed by atoms with Gasteiger partial charge in [0.05, 0.1) is 11.8 Å². The summed E-state index contributed by atoms with van der Waals surface area (Å²) in [6.07, 6.45) is 2.35. The fourth-order valence-electron chi connectivity index (χ4n) is 2.48. The Morgan fingerprint density at radius 3 is 2.84 bits per heavy atom. The van der Waals surface area contributed by atoms with Gasteiger partial charge in [0.2, 0.25) is 10.0 Å². The molecule has 0 bridgehead atoms. The van der Waals surface area contributed by atoms with Crippen molar-refractivity contribution in [1.82, 2.24) is 9.46 Å². The Hall–Kier alpha value is -0.880. The average molecular weight is 286 g/mol. The van der Waals surface area contributed by atoms with Crippen molar-refractivity contribution < 1.29 is 12.9 Å². The Bertz CT molecular complexity index is 522. The first-order valence-electron chi connectivity index (χ1n) is 6.91. The van der Waals surface area contributed by atoms with Crippen LogP contribution < -0.4 is 0 Å². The van der Waals surface area contributed by atoms with Gasteiger partial charge in [-0.2, -0.15) is 4.31 Å². The zero-order valence-electron chi connectivity index (χ0n) is 11.8. The second-order valence-corrected chi connectivity index (χ2v) is 7.43. The number of rotatable bonds is 5. The molecule has 0 saturated carbocycles. The quantitative estimate of drug-likeness (QED) is 0.834. The van der Waals surface area contributed by atoms with Gasteiger partial charge in [-0.3, -0.25) is 0 Å². The van der Waals surface area contributed by atoms with E-state index >= 15 is 0 Å². The van der Waals surface area contributed by atoms with Crippen molar-refractivity contribution in [1.29, 1.82) is 0 Å². The van der Waals surface area contributed by atoms with Crippen LogP contribution in [0.15, 0.2) is 10.6 Å². The number of nitrogens with zero attached hydrogens (tertiary/aromatic N) is 2. The third-order valence-electron chi connectivity index (χ3n) is 3.48. The molecule has 0 aliphatic carbocycles. The summed E-state index contributed by atoms with van der Waals surface area (Å²) in [5, 5.41) is 4.06. The third kappa shape index (κ3) is 3.00. The van der Waals surface area contributed by atoms with Gasteiger partial charge in [0, 0.05) is 18.5 Å². The van der Waals surface area contributed by atoms with Gasteiger partial charge in [-0.1, -0.05) is 25.9 Å². The van der Waals surface area contributed by atoms with Crippen LogP contribution in [-0.2, 0) is 10.0 Å². The van der Waals surface area contributed by atoms with Gasteiger partial charge in [0.1, 0.15) is 11.5 Å². The first kappa shape index (κ1) is 14.5. The van der Waals surface area contributed by atoms with Gasteiger partial charge in [0.25, 0.3) is 0 Å². The summed E-state index contributed by atoms with van der Waals surface area (Å²) in [5.41, 5.74) is 0.751. The predicted molar refractivity (Wildman–Crippen MR) is 73.4 cm³/mol. The molecule has 0 radical (unpaired) electrons. The van der Waals surface area contributed by atoms with E-state index in [0.29, 0.717) is 13.0 Å². The molecule has 1 aromatic rings. The van der Waals surface area contributed by atoms with Crippen LogP contribution in [0.4, 0.5) is 0 Å². The van der Waals surface area contributed by atoms with E-state index in [1.165, 1.54) is 0 Å². The van der Waals surface area contributed by atoms with E-state index in [-0.39, 0.29) is 17.7 Å². The predicted octanol–water partition coefficient (Wildman–Crippen LogP) is 2.67. The van der Waals surface area contributed by atoms with Crippen LogP contribution in [0.5, 0.6) is 0 Å². The normalized spacial score (nSPS) is 21.4. The zero-order chi connectivity index (χ0) is 14.0. The largest absolute Gasteiger partial charge is 0.361 e. The maximum absolute atomic E-state index is 12.2. The van der Waals surface area contributed by atoms with Crippen molar-refractivity contribution in [2.75, 3.05) is 12.3 Å². The molecule has 1 fully saturated rings. The molecular formula is C13H22N2O3S. The fourth-order valence-corrected chi connectivity index (χ4v) is 4.24. The van der Waals surface area contributed by atoms with Crippen molar-refractivity contribution in [3.05, 3.63) is 17.5 Å². The number of hydrogen-bond acceptors (Lipinski definition) is 4. The first-order chi connectivity index (χ1) is 8.95. The van der Waals surface area contributed by atoms with Gasteiger partial charge in [-0.25, -0.2) is 8.42 Å². The van der Waals surface area contributed by atoms with E-state index in [2.05, 4.69) is 5.16 Å². The molecule has 108 valence electrons. The number of sulfonamides is 1. The highest BCUT2D eigenvalue weighted by Crippen LogP contribution is 2.34. The van der Waals surface area contributed by atoms with E-state index in [1.807, 2.05) is 26.8 Å². The van der Waals surface area contributed by atoms with Crippen molar-refractivity contribution in [3.63, 3.8) is 0 Å². The van der Waals surface area contributed by atoms with Crippen LogP contribution in [0, 0.1) is 0 Å². The topological polar surface area (TPSA) is 63.4 Å². The minimum absolute atomic E-state index is 0.146. The van der Waals surface area contributed by atoms with E-state index in [4.69, 9.17) is 4.52 Å². The third-order valence-corrected chi connectivity index (χ3v) is 5.56. The van der Waals surface area contributed by atoms with Crippen LogP contribution in [-0.4, -0.2) is 30.2 Å². The fraction of sp³-hybridized carbons (Fsp3) is 0.769. The molecule has 1 aliphatic rings. The monoisotopic (exact) mass is 286 g/mol. The summed E-state index contributed by atoms with van der Waals surface area (Å²) in [6.45, 7) is 6.54. The Kier molecular flexibility index (Phi) is 4.30. The summed E-state index contributed by atoms with van der Waals surface area (Å²) in [6, 6.07) is 1.75. The lowest BCUT2D eigenvalue weighted by Gasteiger charge is -2.21. The zero-order valence-corrected chi connectivity index (χ0v) is 12.6. The smallest absolute Gasteiger partial charge is 0.214 e. The molecule has 2 heterocycles. The Balaban J connectivity index is 2.23. The minimum atomic E-state index is -3.17. The molecule has 6 heteroatoms. The maximum atomic E-state index is 12.2.